The van der Waals surface area contributed by atoms with Gasteiger partial charge in [-0.1, -0.05) is 13.8 Å². The highest BCUT2D eigenvalue weighted by molar-refractivity contribution is 7.09. The van der Waals surface area contributed by atoms with Crippen LogP contribution in [0.25, 0.3) is 0 Å². The van der Waals surface area contributed by atoms with Crippen LogP contribution in [0.2, 0.25) is 0 Å². The molecule has 0 spiro atoms. The average molecular weight is 284 g/mol. The van der Waals surface area contributed by atoms with E-state index in [1.807, 2.05) is 19.2 Å². The van der Waals surface area contributed by atoms with Crippen LogP contribution in [-0.4, -0.2) is 28.0 Å². The van der Waals surface area contributed by atoms with Gasteiger partial charge in [0.2, 0.25) is 5.91 Å². The molecule has 0 aliphatic rings. The van der Waals surface area contributed by atoms with E-state index in [4.69, 9.17) is 5.11 Å². The van der Waals surface area contributed by atoms with E-state index in [9.17, 15) is 9.59 Å². The lowest BCUT2D eigenvalue weighted by Gasteiger charge is -2.16. The van der Waals surface area contributed by atoms with Crippen LogP contribution in [0.3, 0.4) is 0 Å². The topological polar surface area (TPSA) is 79.3 Å². The number of carboxylic acid groups (broad SMARTS) is 1. The van der Waals surface area contributed by atoms with Crippen LogP contribution in [0.4, 0.5) is 0 Å². The fourth-order valence-electron chi connectivity index (χ4n) is 1.74. The number of aryl methyl sites for hydroxylation is 1. The third kappa shape index (κ3) is 6.33. The molecular formula is C13H20N2O3S. The molecule has 1 rings (SSSR count). The molecule has 0 saturated carbocycles. The first kappa shape index (κ1) is 15.6. The Labute approximate surface area is 117 Å². The molecule has 106 valence electrons. The van der Waals surface area contributed by atoms with Crippen LogP contribution in [0.15, 0.2) is 11.6 Å². The van der Waals surface area contributed by atoms with Gasteiger partial charge in [-0.15, -0.1) is 11.3 Å². The summed E-state index contributed by atoms with van der Waals surface area (Å²) in [6.45, 7) is 3.87. The summed E-state index contributed by atoms with van der Waals surface area (Å²) in [4.78, 5) is 26.8. The molecule has 1 aromatic rings. The zero-order valence-corrected chi connectivity index (χ0v) is 12.1. The number of carbonyl (C=O) groups is 2. The second kappa shape index (κ2) is 7.89. The molecule has 0 aromatic carbocycles. The Kier molecular flexibility index (Phi) is 6.49. The maximum absolute atomic E-state index is 11.7. The molecule has 5 nitrogen and oxygen atoms in total. The van der Waals surface area contributed by atoms with Crippen LogP contribution in [0.5, 0.6) is 0 Å². The number of carboxylic acids is 1. The predicted molar refractivity (Wildman–Crippen MR) is 74.1 cm³/mol. The number of thiazole rings is 1. The Balaban J connectivity index is 2.30. The third-order valence-corrected chi connectivity index (χ3v) is 3.46. The summed E-state index contributed by atoms with van der Waals surface area (Å²) in [6, 6.07) is -0.785. The van der Waals surface area contributed by atoms with Crippen molar-refractivity contribution >= 4 is 23.2 Å². The van der Waals surface area contributed by atoms with Crippen LogP contribution >= 0.6 is 11.3 Å². The summed E-state index contributed by atoms with van der Waals surface area (Å²) in [5, 5.41) is 14.5. The van der Waals surface area contributed by atoms with Crippen LogP contribution in [-0.2, 0) is 16.0 Å². The van der Waals surface area contributed by atoms with E-state index in [0.717, 1.165) is 11.4 Å². The third-order valence-electron chi connectivity index (χ3n) is 2.62. The van der Waals surface area contributed by atoms with E-state index < -0.39 is 12.0 Å². The SMILES string of the molecule is CC(C)C[C@@H](NC(=O)CCCc1nccs1)C(=O)O. The number of nitrogens with one attached hydrogen (secondary N) is 1. The number of aliphatic carboxylic acids is 1. The number of hydrogen-bond acceptors (Lipinski definition) is 4. The quantitative estimate of drug-likeness (QED) is 0.766. The zero-order valence-electron chi connectivity index (χ0n) is 11.3. The second-order valence-corrected chi connectivity index (χ2v) is 5.85. The molecular weight excluding hydrogens is 264 g/mol. The van der Waals surface area contributed by atoms with Gasteiger partial charge in [-0.2, -0.15) is 0 Å². The smallest absolute Gasteiger partial charge is 0.326 e. The van der Waals surface area contributed by atoms with Gasteiger partial charge in [-0.05, 0) is 25.2 Å². The molecule has 0 fully saturated rings. The van der Waals surface area contributed by atoms with Gasteiger partial charge in [0.15, 0.2) is 0 Å². The molecule has 6 heteroatoms. The average Bonchev–Trinajstić information content (AvgIpc) is 2.80. The maximum Gasteiger partial charge on any atom is 0.326 e. The van der Waals surface area contributed by atoms with E-state index in [2.05, 4.69) is 10.3 Å². The molecule has 2 N–H and O–H groups in total. The predicted octanol–water partition coefficient (Wildman–Crippen LogP) is 2.08. The molecule has 1 aromatic heterocycles. The van der Waals surface area contributed by atoms with Crippen molar-refractivity contribution < 1.29 is 14.7 Å². The molecule has 1 amide bonds. The molecule has 0 aliphatic heterocycles. The van der Waals surface area contributed by atoms with Crippen LogP contribution < -0.4 is 5.32 Å². The first-order chi connectivity index (χ1) is 8.99. The Morgan fingerprint density at radius 2 is 2.21 bits per heavy atom. The molecule has 1 heterocycles. The molecule has 0 saturated heterocycles. The molecule has 1 atom stereocenters. The van der Waals surface area contributed by atoms with Crippen LogP contribution in [0.1, 0.15) is 38.1 Å². The Bertz CT molecular complexity index is 404. The minimum absolute atomic E-state index is 0.204. The Morgan fingerprint density at radius 3 is 2.74 bits per heavy atom. The largest absolute Gasteiger partial charge is 0.480 e. The van der Waals surface area contributed by atoms with E-state index >= 15 is 0 Å². The van der Waals surface area contributed by atoms with Crippen molar-refractivity contribution in [2.45, 2.75) is 45.6 Å². The summed E-state index contributed by atoms with van der Waals surface area (Å²) < 4.78 is 0. The van der Waals surface area contributed by atoms with E-state index in [1.165, 1.54) is 0 Å². The van der Waals surface area contributed by atoms with Crippen molar-refractivity contribution in [1.82, 2.24) is 10.3 Å². The van der Waals surface area contributed by atoms with Gasteiger partial charge in [0.25, 0.3) is 0 Å². The summed E-state index contributed by atoms with van der Waals surface area (Å²) in [5.41, 5.74) is 0. The minimum Gasteiger partial charge on any atom is -0.480 e. The fourth-order valence-corrected chi connectivity index (χ4v) is 2.40. The lowest BCUT2D eigenvalue weighted by molar-refractivity contribution is -0.142. The first-order valence-electron chi connectivity index (χ1n) is 6.39. The van der Waals surface area contributed by atoms with Crippen molar-refractivity contribution in [3.63, 3.8) is 0 Å². The van der Waals surface area contributed by atoms with Gasteiger partial charge in [-0.3, -0.25) is 4.79 Å². The van der Waals surface area contributed by atoms with Crippen molar-refractivity contribution in [2.24, 2.45) is 5.92 Å². The highest BCUT2D eigenvalue weighted by Gasteiger charge is 2.20. The molecule has 0 unspecified atom stereocenters. The van der Waals surface area contributed by atoms with Gasteiger partial charge < -0.3 is 10.4 Å². The van der Waals surface area contributed by atoms with Crippen molar-refractivity contribution in [2.75, 3.05) is 0 Å². The second-order valence-electron chi connectivity index (χ2n) is 4.87. The van der Waals surface area contributed by atoms with Gasteiger partial charge in [0.1, 0.15) is 6.04 Å². The minimum atomic E-state index is -0.970. The normalized spacial score (nSPS) is 12.4. The number of hydrogen-bond donors (Lipinski definition) is 2. The monoisotopic (exact) mass is 284 g/mol. The number of amides is 1. The highest BCUT2D eigenvalue weighted by atomic mass is 32.1. The summed E-state index contributed by atoms with van der Waals surface area (Å²) in [6.07, 6.45) is 3.97. The zero-order chi connectivity index (χ0) is 14.3. The molecule has 19 heavy (non-hydrogen) atoms. The van der Waals surface area contributed by atoms with E-state index in [-0.39, 0.29) is 11.8 Å². The molecule has 0 bridgehead atoms. The van der Waals surface area contributed by atoms with E-state index in [1.54, 1.807) is 17.5 Å². The first-order valence-corrected chi connectivity index (χ1v) is 7.27. The highest BCUT2D eigenvalue weighted by Crippen LogP contribution is 2.09. The summed E-state index contributed by atoms with van der Waals surface area (Å²) >= 11 is 1.56. The summed E-state index contributed by atoms with van der Waals surface area (Å²) in [7, 11) is 0. The lowest BCUT2D eigenvalue weighted by Crippen LogP contribution is -2.41. The number of carbonyl (C=O) groups excluding carboxylic acids is 1. The number of nitrogens with zero attached hydrogens (tertiary/aromatic N) is 1. The Morgan fingerprint density at radius 1 is 1.47 bits per heavy atom. The number of rotatable bonds is 8. The van der Waals surface area contributed by atoms with Gasteiger partial charge in [0, 0.05) is 18.0 Å². The standard InChI is InChI=1S/C13H20N2O3S/c1-9(2)8-10(13(17)18)15-11(16)4-3-5-12-14-6-7-19-12/h6-7,9-10H,3-5,8H2,1-2H3,(H,15,16)(H,17,18)/t10-/m1/s1. The van der Waals surface area contributed by atoms with Gasteiger partial charge >= 0.3 is 5.97 Å². The molecule has 0 radical (unpaired) electrons. The van der Waals surface area contributed by atoms with Crippen LogP contribution in [0, 0.1) is 5.92 Å². The van der Waals surface area contributed by atoms with Gasteiger partial charge in [-0.25, -0.2) is 9.78 Å². The fraction of sp³-hybridized carbons (Fsp3) is 0.615. The molecule has 0 aliphatic carbocycles. The lowest BCUT2D eigenvalue weighted by atomic mass is 10.0. The van der Waals surface area contributed by atoms with E-state index in [0.29, 0.717) is 19.3 Å². The number of aromatic nitrogens is 1. The summed E-state index contributed by atoms with van der Waals surface area (Å²) in [5.74, 6) is -0.941. The van der Waals surface area contributed by atoms with Crippen molar-refractivity contribution in [3.05, 3.63) is 16.6 Å². The maximum atomic E-state index is 11.7. The van der Waals surface area contributed by atoms with Crippen molar-refractivity contribution in [1.29, 1.82) is 0 Å². The van der Waals surface area contributed by atoms with Gasteiger partial charge in [0.05, 0.1) is 5.01 Å². The van der Waals surface area contributed by atoms with Crippen molar-refractivity contribution in [3.8, 4) is 0 Å². The Hall–Kier alpha value is -1.43.